The van der Waals surface area contributed by atoms with E-state index in [0.717, 1.165) is 0 Å². The van der Waals surface area contributed by atoms with Gasteiger partial charge in [-0.1, -0.05) is 0 Å². The van der Waals surface area contributed by atoms with E-state index in [1.54, 1.807) is 41.5 Å². The number of aliphatic hydroxyl groups is 3. The van der Waals surface area contributed by atoms with Crippen molar-refractivity contribution in [3.05, 3.63) is 16.0 Å². The Morgan fingerprint density at radius 1 is 0.688 bits per heavy atom. The predicted octanol–water partition coefficient (Wildman–Crippen LogP) is 2.02. The molecule has 0 radical (unpaired) electrons. The zero-order chi connectivity index (χ0) is 13.4. The molecule has 7 heteroatoms. The van der Waals surface area contributed by atoms with Gasteiger partial charge in [0.2, 0.25) is 0 Å². The quantitative estimate of drug-likeness (QED) is 0.270. The Balaban J connectivity index is -0.0000000331. The molecule has 98 valence electrons. The molecule has 0 rings (SSSR count). The second-order valence-electron chi connectivity index (χ2n) is 3.37. The molecule has 0 unspecified atom stereocenters. The van der Waals surface area contributed by atoms with Crippen LogP contribution >= 0.6 is 0 Å². The van der Waals surface area contributed by atoms with Gasteiger partial charge in [0.25, 0.3) is 0 Å². The first-order valence-corrected chi connectivity index (χ1v) is 4.64. The SMILES string of the molecule is CC(C)O.CC(C)O.CC(C)O.[N-]=[N+]=[N-].[Ti]. The van der Waals surface area contributed by atoms with Gasteiger partial charge in [0.1, 0.15) is 0 Å². The fourth-order valence-corrected chi connectivity index (χ4v) is 0. The maximum absolute atomic E-state index is 8.06. The Hall–Kier alpha value is -0.0957. The summed E-state index contributed by atoms with van der Waals surface area (Å²) in [5.74, 6) is 0. The molecule has 0 amide bonds. The third kappa shape index (κ3) is 253000. The van der Waals surface area contributed by atoms with Gasteiger partial charge in [-0.2, -0.15) is 0 Å². The van der Waals surface area contributed by atoms with Gasteiger partial charge in [-0.3, -0.25) is 4.91 Å². The third-order valence-electron chi connectivity index (χ3n) is 0. The van der Waals surface area contributed by atoms with Crippen molar-refractivity contribution in [2.45, 2.75) is 59.9 Å². The standard InChI is InChI=1S/3C3H8O.N3.Ti/c3*1-3(2)4;1-3-2;/h3*3-4H,1-2H3;;/q;;;-1;. The van der Waals surface area contributed by atoms with E-state index in [2.05, 4.69) is 0 Å². The van der Waals surface area contributed by atoms with Crippen LogP contribution in [0.1, 0.15) is 41.5 Å². The van der Waals surface area contributed by atoms with E-state index < -0.39 is 0 Å². The van der Waals surface area contributed by atoms with Crippen molar-refractivity contribution in [1.82, 2.24) is 0 Å². The van der Waals surface area contributed by atoms with Crippen molar-refractivity contribution in [3.8, 4) is 0 Å². The Bertz CT molecular complexity index is 105. The van der Waals surface area contributed by atoms with Crippen LogP contribution < -0.4 is 0 Å². The van der Waals surface area contributed by atoms with Gasteiger partial charge in [0, 0.05) is 40.0 Å². The summed E-state index contributed by atoms with van der Waals surface area (Å²) in [6.45, 7) is 10.3. The van der Waals surface area contributed by atoms with Crippen LogP contribution in [0.25, 0.3) is 16.0 Å². The summed E-state index contributed by atoms with van der Waals surface area (Å²) in [6.07, 6.45) is -0.500. The predicted molar refractivity (Wildman–Crippen MR) is 62.1 cm³/mol. The Morgan fingerprint density at radius 3 is 0.688 bits per heavy atom. The molecule has 0 heterocycles. The molecule has 0 aliphatic heterocycles. The molecule has 0 atom stereocenters. The maximum Gasteiger partial charge on any atom is 0.0483 e. The monoisotopic (exact) mass is 270 g/mol. The summed E-state index contributed by atoms with van der Waals surface area (Å²) in [7, 11) is 0. The molecule has 0 spiro atoms. The minimum absolute atomic E-state index is 0. The number of rotatable bonds is 0. The van der Waals surface area contributed by atoms with Crippen LogP contribution in [0, 0.1) is 0 Å². The van der Waals surface area contributed by atoms with Crippen LogP contribution in [-0.2, 0) is 21.7 Å². The van der Waals surface area contributed by atoms with Crippen LogP contribution in [0.3, 0.4) is 0 Å². The van der Waals surface area contributed by atoms with Crippen molar-refractivity contribution >= 4 is 0 Å². The zero-order valence-electron chi connectivity index (χ0n) is 10.9. The molecule has 0 aliphatic carbocycles. The summed E-state index contributed by atoms with van der Waals surface area (Å²) in [5.41, 5.74) is 13.5. The van der Waals surface area contributed by atoms with Crippen LogP contribution in [0.5, 0.6) is 0 Å². The molecule has 0 aromatic heterocycles. The van der Waals surface area contributed by atoms with Gasteiger partial charge in [-0.25, -0.2) is 0 Å². The van der Waals surface area contributed by atoms with Crippen LogP contribution in [0.4, 0.5) is 0 Å². The molecule has 6 nitrogen and oxygen atoms in total. The van der Waals surface area contributed by atoms with Crippen molar-refractivity contribution < 1.29 is 37.0 Å². The summed E-state index contributed by atoms with van der Waals surface area (Å²) in [4.78, 5) is 1.50. The fraction of sp³-hybridized carbons (Fsp3) is 1.00. The van der Waals surface area contributed by atoms with Crippen molar-refractivity contribution in [3.63, 3.8) is 0 Å². The summed E-state index contributed by atoms with van der Waals surface area (Å²) >= 11 is 0. The summed E-state index contributed by atoms with van der Waals surface area (Å²) in [6, 6.07) is 0. The molecular weight excluding hydrogens is 246 g/mol. The van der Waals surface area contributed by atoms with Crippen molar-refractivity contribution in [1.29, 1.82) is 0 Å². The molecule has 3 N–H and O–H groups in total. The number of nitrogens with zero attached hydrogens (tertiary/aromatic N) is 3. The molecule has 0 saturated heterocycles. The first kappa shape index (κ1) is 29.7. The normalized spacial score (nSPS) is 7.25. The van der Waals surface area contributed by atoms with Gasteiger partial charge < -0.3 is 26.4 Å². The topological polar surface area (TPSA) is 119 Å². The van der Waals surface area contributed by atoms with E-state index in [1.807, 2.05) is 0 Å². The number of aliphatic hydroxyl groups excluding tert-OH is 3. The van der Waals surface area contributed by atoms with E-state index in [4.69, 9.17) is 26.4 Å². The molecule has 0 bridgehead atoms. The Kier molecular flexibility index (Phi) is 54.5. The average Bonchev–Trinajstić information content (AvgIpc) is 1.81. The van der Waals surface area contributed by atoms with E-state index >= 15 is 0 Å². The first-order valence-electron chi connectivity index (χ1n) is 4.64. The Morgan fingerprint density at radius 2 is 0.688 bits per heavy atom. The molecule has 0 aromatic rings. The minimum atomic E-state index is -0.167. The molecular formula is C9H24N3O3Ti-. The van der Waals surface area contributed by atoms with Crippen LogP contribution in [0.15, 0.2) is 0 Å². The summed E-state index contributed by atoms with van der Waals surface area (Å²) < 4.78 is 0. The number of hydrogen-bond acceptors (Lipinski definition) is 3. The molecule has 0 aromatic carbocycles. The van der Waals surface area contributed by atoms with Crippen molar-refractivity contribution in [2.75, 3.05) is 0 Å². The van der Waals surface area contributed by atoms with Crippen LogP contribution in [0.2, 0.25) is 0 Å². The average molecular weight is 270 g/mol. The molecule has 16 heavy (non-hydrogen) atoms. The van der Waals surface area contributed by atoms with Gasteiger partial charge in [0.15, 0.2) is 0 Å². The molecule has 0 saturated carbocycles. The van der Waals surface area contributed by atoms with E-state index in [9.17, 15) is 0 Å². The molecule has 0 fully saturated rings. The van der Waals surface area contributed by atoms with Gasteiger partial charge in [-0.05, 0) is 41.5 Å². The van der Waals surface area contributed by atoms with Gasteiger partial charge in [0.05, 0.1) is 0 Å². The van der Waals surface area contributed by atoms with Gasteiger partial charge >= 0.3 is 0 Å². The van der Waals surface area contributed by atoms with E-state index in [-0.39, 0.29) is 40.0 Å². The van der Waals surface area contributed by atoms with Gasteiger partial charge in [-0.15, -0.1) is 0 Å². The minimum Gasteiger partial charge on any atom is -0.394 e. The third-order valence-corrected chi connectivity index (χ3v) is 0. The number of hydrogen-bond donors (Lipinski definition) is 3. The van der Waals surface area contributed by atoms with E-state index in [1.165, 1.54) is 4.91 Å². The summed E-state index contributed by atoms with van der Waals surface area (Å²) in [5, 5.41) is 24.2. The van der Waals surface area contributed by atoms with Crippen molar-refractivity contribution in [2.24, 2.45) is 0 Å². The second kappa shape index (κ2) is 29.4. The fourth-order valence-electron chi connectivity index (χ4n) is 0. The maximum atomic E-state index is 8.06. The van der Waals surface area contributed by atoms with E-state index in [0.29, 0.717) is 0 Å². The second-order valence-corrected chi connectivity index (χ2v) is 3.37. The first-order chi connectivity index (χ1) is 6.61. The Labute approximate surface area is 113 Å². The smallest absolute Gasteiger partial charge is 0.0483 e. The largest absolute Gasteiger partial charge is 0.394 e. The zero-order valence-corrected chi connectivity index (χ0v) is 12.5. The van der Waals surface area contributed by atoms with Crippen LogP contribution in [-0.4, -0.2) is 33.6 Å². The molecule has 0 aliphatic rings.